The Bertz CT molecular complexity index is 1490. The monoisotopic (exact) mass is 480 g/mol. The number of amides is 1. The molecule has 4 aromatic rings. The van der Waals surface area contributed by atoms with Crippen LogP contribution in [0.3, 0.4) is 0 Å². The second-order valence-corrected chi connectivity index (χ2v) is 10.7. The maximum Gasteiger partial charge on any atom is 0.257 e. The molecule has 3 aliphatic rings. The van der Waals surface area contributed by atoms with Gasteiger partial charge in [0.2, 0.25) is 0 Å². The van der Waals surface area contributed by atoms with Crippen molar-refractivity contribution >= 4 is 16.9 Å². The number of nitrogens with one attached hydrogen (secondary N) is 2. The lowest BCUT2D eigenvalue weighted by Crippen LogP contribution is -2.37. The number of fused-ring (bicyclic) bond motifs is 2. The molecule has 7 heteroatoms. The van der Waals surface area contributed by atoms with Crippen LogP contribution in [-0.2, 0) is 13.0 Å². The van der Waals surface area contributed by atoms with Gasteiger partial charge in [-0.05, 0) is 92.4 Å². The largest absolute Gasteiger partial charge is 0.346 e. The van der Waals surface area contributed by atoms with Crippen LogP contribution in [0.15, 0.2) is 36.8 Å². The molecular formula is C29H32N6O. The molecule has 7 nitrogen and oxygen atoms in total. The van der Waals surface area contributed by atoms with Gasteiger partial charge >= 0.3 is 0 Å². The highest BCUT2D eigenvalue weighted by molar-refractivity contribution is 5.95. The Morgan fingerprint density at radius 2 is 1.97 bits per heavy atom. The number of rotatable bonds is 4. The molecule has 1 aliphatic carbocycles. The van der Waals surface area contributed by atoms with E-state index < -0.39 is 0 Å². The van der Waals surface area contributed by atoms with Gasteiger partial charge < -0.3 is 15.2 Å². The highest BCUT2D eigenvalue weighted by Crippen LogP contribution is 2.38. The lowest BCUT2D eigenvalue weighted by Gasteiger charge is -2.32. The zero-order valence-electron chi connectivity index (χ0n) is 21.0. The van der Waals surface area contributed by atoms with E-state index in [9.17, 15) is 4.79 Å². The van der Waals surface area contributed by atoms with Crippen LogP contribution in [0.4, 0.5) is 0 Å². The molecule has 3 aromatic heterocycles. The van der Waals surface area contributed by atoms with Crippen molar-refractivity contribution in [2.24, 2.45) is 0 Å². The minimum absolute atomic E-state index is 0.108. The van der Waals surface area contributed by atoms with E-state index in [4.69, 9.17) is 0 Å². The first-order valence-corrected chi connectivity index (χ1v) is 13.2. The molecule has 0 spiro atoms. The molecule has 7 rings (SSSR count). The number of carbonyl (C=O) groups excluding carboxylic acids is 1. The van der Waals surface area contributed by atoms with Crippen molar-refractivity contribution in [1.82, 2.24) is 30.0 Å². The average Bonchev–Trinajstić information content (AvgIpc) is 3.27. The summed E-state index contributed by atoms with van der Waals surface area (Å²) in [6, 6.07) is 7.74. The second-order valence-electron chi connectivity index (χ2n) is 10.7. The molecule has 0 radical (unpaired) electrons. The highest BCUT2D eigenvalue weighted by atomic mass is 16.2. The van der Waals surface area contributed by atoms with E-state index in [2.05, 4.69) is 45.5 Å². The van der Waals surface area contributed by atoms with Gasteiger partial charge in [0.05, 0.1) is 17.8 Å². The molecule has 0 bridgehead atoms. The first-order valence-electron chi connectivity index (χ1n) is 13.2. The van der Waals surface area contributed by atoms with Gasteiger partial charge in [-0.2, -0.15) is 5.10 Å². The molecule has 1 saturated heterocycles. The number of hydrogen-bond acceptors (Lipinski definition) is 4. The third-order valence-electron chi connectivity index (χ3n) is 8.34. The van der Waals surface area contributed by atoms with E-state index in [1.165, 1.54) is 52.5 Å². The third-order valence-corrected chi connectivity index (χ3v) is 8.34. The fourth-order valence-corrected chi connectivity index (χ4v) is 6.08. The smallest absolute Gasteiger partial charge is 0.257 e. The van der Waals surface area contributed by atoms with Crippen molar-refractivity contribution in [1.29, 1.82) is 0 Å². The molecule has 5 heterocycles. The quantitative estimate of drug-likeness (QED) is 0.431. The van der Waals surface area contributed by atoms with Gasteiger partial charge in [-0.25, -0.2) is 4.98 Å². The van der Waals surface area contributed by atoms with Crippen LogP contribution in [0.2, 0.25) is 0 Å². The molecule has 1 aromatic carbocycles. The summed E-state index contributed by atoms with van der Waals surface area (Å²) in [7, 11) is 0. The van der Waals surface area contributed by atoms with Crippen molar-refractivity contribution in [2.45, 2.75) is 64.6 Å². The fraction of sp³-hybridized carbons (Fsp3) is 0.414. The van der Waals surface area contributed by atoms with Crippen molar-refractivity contribution in [3.8, 4) is 11.1 Å². The van der Waals surface area contributed by atoms with E-state index in [0.717, 1.165) is 48.4 Å². The van der Waals surface area contributed by atoms with Gasteiger partial charge in [0, 0.05) is 48.2 Å². The summed E-state index contributed by atoms with van der Waals surface area (Å²) in [5.41, 5.74) is 10.3. The number of hydrogen-bond donors (Lipinski definition) is 2. The average molecular weight is 481 g/mol. The Hall–Kier alpha value is -3.45. The number of pyridine rings is 1. The van der Waals surface area contributed by atoms with Gasteiger partial charge in [0.15, 0.2) is 0 Å². The summed E-state index contributed by atoms with van der Waals surface area (Å²) in [4.78, 5) is 23.5. The minimum atomic E-state index is 0.108. The molecule has 2 N–H and O–H groups in total. The van der Waals surface area contributed by atoms with Crippen molar-refractivity contribution in [2.75, 3.05) is 13.1 Å². The Balaban J connectivity index is 1.25. The summed E-state index contributed by atoms with van der Waals surface area (Å²) in [6.07, 6.45) is 11.3. The first kappa shape index (κ1) is 21.8. The fourth-order valence-electron chi connectivity index (χ4n) is 6.08. The maximum atomic E-state index is 13.6. The summed E-state index contributed by atoms with van der Waals surface area (Å²) < 4.78 is 2.04. The third kappa shape index (κ3) is 3.56. The highest BCUT2D eigenvalue weighted by Gasteiger charge is 2.32. The summed E-state index contributed by atoms with van der Waals surface area (Å²) in [5, 5.41) is 9.42. The number of aromatic nitrogens is 4. The zero-order valence-corrected chi connectivity index (χ0v) is 21.0. The SMILES string of the molecule is Cc1c[nH]c2ncc(-c3cc4c(c([C@@H]5CCCN5)c3)CN(C(=O)c3cnn(C5CC5)c3C)CC4)cc12. The lowest BCUT2D eigenvalue weighted by atomic mass is 9.87. The number of carbonyl (C=O) groups is 1. The molecule has 1 atom stereocenters. The van der Waals surface area contributed by atoms with Crippen molar-refractivity contribution < 1.29 is 4.79 Å². The van der Waals surface area contributed by atoms with E-state index in [0.29, 0.717) is 18.6 Å². The van der Waals surface area contributed by atoms with Crippen LogP contribution < -0.4 is 5.32 Å². The molecule has 2 aliphatic heterocycles. The van der Waals surface area contributed by atoms with Crippen LogP contribution >= 0.6 is 0 Å². The minimum Gasteiger partial charge on any atom is -0.346 e. The van der Waals surface area contributed by atoms with E-state index in [1.54, 1.807) is 6.20 Å². The van der Waals surface area contributed by atoms with Gasteiger partial charge in [-0.1, -0.05) is 6.07 Å². The molecular weight excluding hydrogens is 448 g/mol. The number of H-pyrrole nitrogens is 1. The summed E-state index contributed by atoms with van der Waals surface area (Å²) in [6.45, 7) is 6.58. The Kier molecular flexibility index (Phi) is 5.03. The predicted octanol–water partition coefficient (Wildman–Crippen LogP) is 5.00. The second kappa shape index (κ2) is 8.30. The van der Waals surface area contributed by atoms with Crippen LogP contribution in [0, 0.1) is 13.8 Å². The molecule has 1 amide bonds. The zero-order chi connectivity index (χ0) is 24.4. The number of benzene rings is 1. The number of aromatic amines is 1. The van der Waals surface area contributed by atoms with E-state index >= 15 is 0 Å². The van der Waals surface area contributed by atoms with Crippen molar-refractivity contribution in [3.05, 3.63) is 70.3 Å². The van der Waals surface area contributed by atoms with Gasteiger partial charge in [-0.15, -0.1) is 0 Å². The van der Waals surface area contributed by atoms with E-state index in [-0.39, 0.29) is 5.91 Å². The van der Waals surface area contributed by atoms with Gasteiger partial charge in [-0.3, -0.25) is 9.48 Å². The maximum absolute atomic E-state index is 13.6. The van der Waals surface area contributed by atoms with Crippen LogP contribution in [-0.4, -0.2) is 43.6 Å². The van der Waals surface area contributed by atoms with Crippen LogP contribution in [0.25, 0.3) is 22.2 Å². The normalized spacial score (nSPS) is 19.7. The lowest BCUT2D eigenvalue weighted by molar-refractivity contribution is 0.0733. The van der Waals surface area contributed by atoms with Gasteiger partial charge in [0.25, 0.3) is 5.91 Å². The van der Waals surface area contributed by atoms with Crippen LogP contribution in [0.5, 0.6) is 0 Å². The first-order chi connectivity index (χ1) is 17.6. The molecule has 1 saturated carbocycles. The van der Waals surface area contributed by atoms with E-state index in [1.807, 2.05) is 28.9 Å². The van der Waals surface area contributed by atoms with Crippen molar-refractivity contribution in [3.63, 3.8) is 0 Å². The standard InChI is InChI=1S/C29H32N6O/c1-17-13-31-28-23(17)12-21(14-32-28)20-10-19-7-9-34(16-26(19)24(11-20)27-4-3-8-30-27)29(36)25-15-33-35(18(25)2)22-5-6-22/h10-15,22,27,30H,3-9,16H2,1-2H3,(H,31,32)/t27-/m0/s1. The predicted molar refractivity (Wildman–Crippen MR) is 140 cm³/mol. The topological polar surface area (TPSA) is 78.8 Å². The summed E-state index contributed by atoms with van der Waals surface area (Å²) >= 11 is 0. The molecule has 0 unspecified atom stereocenters. The molecule has 2 fully saturated rings. The Morgan fingerprint density at radius 1 is 1.08 bits per heavy atom. The number of aryl methyl sites for hydroxylation is 1. The van der Waals surface area contributed by atoms with Crippen LogP contribution in [0.1, 0.15) is 76.1 Å². The summed E-state index contributed by atoms with van der Waals surface area (Å²) in [5.74, 6) is 0.108. The molecule has 184 valence electrons. The Morgan fingerprint density at radius 3 is 2.78 bits per heavy atom. The number of nitrogens with zero attached hydrogens (tertiary/aromatic N) is 4. The Labute approximate surface area is 210 Å². The molecule has 36 heavy (non-hydrogen) atoms. The van der Waals surface area contributed by atoms with Gasteiger partial charge in [0.1, 0.15) is 5.65 Å².